The molecule has 92 valence electrons. The largest absolute Gasteiger partial charge is 0.496 e. The van der Waals surface area contributed by atoms with Crippen molar-refractivity contribution in [3.05, 3.63) is 29.3 Å². The third-order valence-electron chi connectivity index (χ3n) is 3.10. The third kappa shape index (κ3) is 2.55. The van der Waals surface area contributed by atoms with Crippen molar-refractivity contribution in [3.63, 3.8) is 0 Å². The zero-order valence-electron chi connectivity index (χ0n) is 10.0. The number of carbonyl (C=O) groups excluding carboxylic acids is 1. The quantitative estimate of drug-likeness (QED) is 0.649. The molecule has 0 spiro atoms. The fourth-order valence-corrected chi connectivity index (χ4v) is 2.72. The summed E-state index contributed by atoms with van der Waals surface area (Å²) in [4.78, 5) is 10.5. The maximum atomic E-state index is 11.2. The van der Waals surface area contributed by atoms with Crippen LogP contribution in [0.1, 0.15) is 24.5 Å². The molecule has 0 radical (unpaired) electrons. The molecule has 1 N–H and O–H groups in total. The van der Waals surface area contributed by atoms with Crippen LogP contribution in [0.2, 0.25) is 0 Å². The molecule has 4 heteroatoms. The molecule has 2 rings (SSSR count). The second kappa shape index (κ2) is 4.57. The average molecular weight is 254 g/mol. The van der Waals surface area contributed by atoms with E-state index in [1.807, 2.05) is 12.1 Å². The number of benzene rings is 1. The summed E-state index contributed by atoms with van der Waals surface area (Å²) in [5.41, 5.74) is 2.36. The molecule has 1 unspecified atom stereocenters. The standard InChI is InChI=1S/C13H16ClNO2/c1-9(16)15-13(14)7-6-10-4-3-5-12(17-2)11(10)8-13/h3-5H,6-8H2,1-2H3,(H,15,16). The van der Waals surface area contributed by atoms with Crippen LogP contribution >= 0.6 is 11.6 Å². The number of methoxy groups -OCH3 is 1. The monoisotopic (exact) mass is 253 g/mol. The van der Waals surface area contributed by atoms with Crippen molar-refractivity contribution in [3.8, 4) is 5.75 Å². The molecule has 1 aliphatic rings. The Morgan fingerprint density at radius 2 is 2.29 bits per heavy atom. The highest BCUT2D eigenvalue weighted by Gasteiger charge is 2.34. The van der Waals surface area contributed by atoms with Gasteiger partial charge in [-0.15, -0.1) is 0 Å². The molecule has 1 aliphatic carbocycles. The lowest BCUT2D eigenvalue weighted by atomic mass is 9.87. The first kappa shape index (κ1) is 12.2. The molecule has 1 aromatic rings. The summed E-state index contributed by atoms with van der Waals surface area (Å²) in [6, 6.07) is 5.99. The molecular weight excluding hydrogens is 238 g/mol. The van der Waals surface area contributed by atoms with Crippen molar-refractivity contribution in [1.82, 2.24) is 5.32 Å². The first-order valence-electron chi connectivity index (χ1n) is 5.66. The van der Waals surface area contributed by atoms with Gasteiger partial charge in [-0.1, -0.05) is 23.7 Å². The van der Waals surface area contributed by atoms with Crippen LogP contribution < -0.4 is 10.1 Å². The van der Waals surface area contributed by atoms with E-state index in [9.17, 15) is 4.79 Å². The Balaban J connectivity index is 2.31. The van der Waals surface area contributed by atoms with E-state index in [0.717, 1.165) is 24.2 Å². The maximum absolute atomic E-state index is 11.2. The maximum Gasteiger partial charge on any atom is 0.218 e. The number of amides is 1. The number of hydrogen-bond donors (Lipinski definition) is 1. The summed E-state index contributed by atoms with van der Waals surface area (Å²) >= 11 is 6.44. The molecule has 1 amide bonds. The summed E-state index contributed by atoms with van der Waals surface area (Å²) in [5, 5.41) is 2.82. The van der Waals surface area contributed by atoms with E-state index in [1.165, 1.54) is 12.5 Å². The Morgan fingerprint density at radius 3 is 2.94 bits per heavy atom. The second-order valence-electron chi connectivity index (χ2n) is 4.42. The highest BCUT2D eigenvalue weighted by atomic mass is 35.5. The van der Waals surface area contributed by atoms with Crippen LogP contribution in [-0.4, -0.2) is 18.0 Å². The van der Waals surface area contributed by atoms with E-state index >= 15 is 0 Å². The van der Waals surface area contributed by atoms with E-state index in [-0.39, 0.29) is 5.91 Å². The zero-order chi connectivity index (χ0) is 12.5. The van der Waals surface area contributed by atoms with E-state index in [2.05, 4.69) is 11.4 Å². The summed E-state index contributed by atoms with van der Waals surface area (Å²) in [6.07, 6.45) is 2.21. The van der Waals surface area contributed by atoms with Gasteiger partial charge in [0.2, 0.25) is 5.91 Å². The second-order valence-corrected chi connectivity index (χ2v) is 5.14. The van der Waals surface area contributed by atoms with Gasteiger partial charge >= 0.3 is 0 Å². The van der Waals surface area contributed by atoms with Crippen LogP contribution in [0.15, 0.2) is 18.2 Å². The van der Waals surface area contributed by atoms with Crippen molar-refractivity contribution < 1.29 is 9.53 Å². The van der Waals surface area contributed by atoms with Crippen LogP contribution in [0, 0.1) is 0 Å². The molecule has 0 saturated carbocycles. The lowest BCUT2D eigenvalue weighted by molar-refractivity contribution is -0.120. The summed E-state index contributed by atoms with van der Waals surface area (Å²) < 4.78 is 5.34. The number of fused-ring (bicyclic) bond motifs is 1. The number of rotatable bonds is 2. The molecule has 0 bridgehead atoms. The van der Waals surface area contributed by atoms with Crippen LogP contribution in [0.4, 0.5) is 0 Å². The molecular formula is C13H16ClNO2. The van der Waals surface area contributed by atoms with E-state index in [1.54, 1.807) is 7.11 Å². The van der Waals surface area contributed by atoms with Gasteiger partial charge in [-0.3, -0.25) is 4.79 Å². The van der Waals surface area contributed by atoms with Crippen molar-refractivity contribution >= 4 is 17.5 Å². The lowest BCUT2D eigenvalue weighted by Gasteiger charge is -2.33. The highest BCUT2D eigenvalue weighted by Crippen LogP contribution is 2.36. The van der Waals surface area contributed by atoms with Gasteiger partial charge in [0.15, 0.2) is 0 Å². The molecule has 1 atom stereocenters. The fourth-order valence-electron chi connectivity index (χ4n) is 2.36. The van der Waals surface area contributed by atoms with Gasteiger partial charge in [0, 0.05) is 18.9 Å². The number of carbonyl (C=O) groups is 1. The number of ether oxygens (including phenoxy) is 1. The molecule has 17 heavy (non-hydrogen) atoms. The minimum absolute atomic E-state index is 0.0988. The van der Waals surface area contributed by atoms with E-state index in [0.29, 0.717) is 6.42 Å². The SMILES string of the molecule is COc1cccc2c1CC(Cl)(NC(C)=O)CC2. The first-order valence-corrected chi connectivity index (χ1v) is 6.04. The number of alkyl halides is 1. The van der Waals surface area contributed by atoms with Gasteiger partial charge in [0.05, 0.1) is 7.11 Å². The molecule has 3 nitrogen and oxygen atoms in total. The predicted molar refractivity (Wildman–Crippen MR) is 67.4 cm³/mol. The predicted octanol–water partition coefficient (Wildman–Crippen LogP) is 2.26. The molecule has 1 aromatic carbocycles. The number of aryl methyl sites for hydroxylation is 1. The minimum Gasteiger partial charge on any atom is -0.496 e. The zero-order valence-corrected chi connectivity index (χ0v) is 10.8. The summed E-state index contributed by atoms with van der Waals surface area (Å²) in [6.45, 7) is 1.49. The fraction of sp³-hybridized carbons (Fsp3) is 0.462. The number of halogens is 1. The number of nitrogens with one attached hydrogen (secondary N) is 1. The minimum atomic E-state index is -0.673. The highest BCUT2D eigenvalue weighted by molar-refractivity contribution is 6.24. The van der Waals surface area contributed by atoms with Gasteiger partial charge < -0.3 is 10.1 Å². The van der Waals surface area contributed by atoms with Crippen LogP contribution in [0.25, 0.3) is 0 Å². The van der Waals surface area contributed by atoms with Gasteiger partial charge in [-0.2, -0.15) is 0 Å². The Kier molecular flexibility index (Phi) is 3.29. The Bertz CT molecular complexity index is 433. The third-order valence-corrected chi connectivity index (χ3v) is 3.51. The first-order chi connectivity index (χ1) is 8.04. The lowest BCUT2D eigenvalue weighted by Crippen LogP contribution is -2.46. The Morgan fingerprint density at radius 1 is 1.53 bits per heavy atom. The van der Waals surface area contributed by atoms with Crippen LogP contribution in [-0.2, 0) is 17.6 Å². The molecule has 0 fully saturated rings. The van der Waals surface area contributed by atoms with Crippen LogP contribution in [0.5, 0.6) is 5.75 Å². The molecule has 0 aliphatic heterocycles. The molecule has 0 heterocycles. The van der Waals surface area contributed by atoms with E-state index < -0.39 is 5.00 Å². The molecule has 0 aromatic heterocycles. The van der Waals surface area contributed by atoms with Gasteiger partial charge in [-0.05, 0) is 24.5 Å². The van der Waals surface area contributed by atoms with Gasteiger partial charge in [0.25, 0.3) is 0 Å². The van der Waals surface area contributed by atoms with E-state index in [4.69, 9.17) is 16.3 Å². The van der Waals surface area contributed by atoms with Crippen molar-refractivity contribution in [2.75, 3.05) is 7.11 Å². The van der Waals surface area contributed by atoms with Gasteiger partial charge in [0.1, 0.15) is 10.7 Å². The van der Waals surface area contributed by atoms with Crippen molar-refractivity contribution in [2.45, 2.75) is 31.2 Å². The van der Waals surface area contributed by atoms with Gasteiger partial charge in [-0.25, -0.2) is 0 Å². The summed E-state index contributed by atoms with van der Waals surface area (Å²) in [7, 11) is 1.65. The summed E-state index contributed by atoms with van der Waals surface area (Å²) in [5.74, 6) is 0.746. The normalized spacial score (nSPS) is 22.8. The Hall–Kier alpha value is -1.22. The molecule has 0 saturated heterocycles. The average Bonchev–Trinajstić information content (AvgIpc) is 2.26. The van der Waals surface area contributed by atoms with Crippen molar-refractivity contribution in [2.24, 2.45) is 0 Å². The Labute approximate surface area is 106 Å². The van der Waals surface area contributed by atoms with Crippen molar-refractivity contribution in [1.29, 1.82) is 0 Å². The van der Waals surface area contributed by atoms with Crippen LogP contribution in [0.3, 0.4) is 0 Å². The smallest absolute Gasteiger partial charge is 0.218 e. The number of hydrogen-bond acceptors (Lipinski definition) is 2. The topological polar surface area (TPSA) is 38.3 Å².